The summed E-state index contributed by atoms with van der Waals surface area (Å²) in [4.78, 5) is 36.0. The van der Waals surface area contributed by atoms with E-state index in [1.807, 2.05) is 85.8 Å². The van der Waals surface area contributed by atoms with Gasteiger partial charge in [-0.05, 0) is 59.1 Å². The zero-order valence-corrected chi connectivity index (χ0v) is 17.6. The summed E-state index contributed by atoms with van der Waals surface area (Å²) in [5.41, 5.74) is 4.48. The maximum atomic E-state index is 12.6. The molecule has 0 aliphatic carbocycles. The van der Waals surface area contributed by atoms with E-state index in [1.54, 1.807) is 6.08 Å². The lowest BCUT2D eigenvalue weighted by molar-refractivity contribution is -0.117. The minimum atomic E-state index is -0.368. The van der Waals surface area contributed by atoms with Crippen LogP contribution in [0.4, 0.5) is 10.5 Å². The molecular weight excluding hydrogens is 408 g/mol. The molecule has 1 fully saturated rings. The Kier molecular flexibility index (Phi) is 6.00. The van der Waals surface area contributed by atoms with E-state index in [0.29, 0.717) is 4.91 Å². The van der Waals surface area contributed by atoms with E-state index in [0.717, 1.165) is 39.7 Å². The Morgan fingerprint density at radius 1 is 0.935 bits per heavy atom. The predicted molar refractivity (Wildman–Crippen MR) is 124 cm³/mol. The molecule has 5 nitrogen and oxygen atoms in total. The Morgan fingerprint density at radius 2 is 1.68 bits per heavy atom. The van der Waals surface area contributed by atoms with Crippen molar-refractivity contribution in [2.45, 2.75) is 12.8 Å². The van der Waals surface area contributed by atoms with Crippen LogP contribution in [-0.2, 0) is 9.59 Å². The van der Waals surface area contributed by atoms with E-state index in [2.05, 4.69) is 10.6 Å². The number of hydrogen-bond acceptors (Lipinski definition) is 4. The van der Waals surface area contributed by atoms with Crippen LogP contribution in [-0.4, -0.2) is 17.1 Å². The lowest BCUT2D eigenvalue weighted by Gasteiger charge is -2.13. The first kappa shape index (κ1) is 20.6. The number of hydrogen-bond donors (Lipinski definition) is 2. The first-order valence-corrected chi connectivity index (χ1v) is 10.6. The van der Waals surface area contributed by atoms with E-state index in [1.165, 1.54) is 0 Å². The van der Waals surface area contributed by atoms with Gasteiger partial charge >= 0.3 is 0 Å². The number of amides is 3. The number of carbonyl (C=O) groups excluding carboxylic acids is 3. The molecule has 154 valence electrons. The van der Waals surface area contributed by atoms with Crippen molar-refractivity contribution in [3.63, 3.8) is 0 Å². The van der Waals surface area contributed by atoms with E-state index in [-0.39, 0.29) is 23.0 Å². The molecule has 0 bridgehead atoms. The smallest absolute Gasteiger partial charge is 0.290 e. The standard InChI is InChI=1S/C25H20N2O3S/c1-16(18-6-3-2-4-7-18)23(28)26-21-9-5-8-20(15-21)19-12-10-17(11-13-19)14-22-24(29)27-25(30)31-22/h2-16H,1H3,(H,26,28)(H,27,29,30). The summed E-state index contributed by atoms with van der Waals surface area (Å²) >= 11 is 0.899. The van der Waals surface area contributed by atoms with Gasteiger partial charge in [0.2, 0.25) is 5.91 Å². The molecule has 3 aromatic carbocycles. The second kappa shape index (κ2) is 9.02. The Bertz CT molecular complexity index is 1170. The maximum Gasteiger partial charge on any atom is 0.290 e. The first-order valence-electron chi connectivity index (χ1n) is 9.81. The van der Waals surface area contributed by atoms with Crippen LogP contribution in [0.25, 0.3) is 17.2 Å². The van der Waals surface area contributed by atoms with Gasteiger partial charge in [-0.15, -0.1) is 0 Å². The Morgan fingerprint density at radius 3 is 2.35 bits per heavy atom. The molecule has 0 radical (unpaired) electrons. The average Bonchev–Trinajstić information content (AvgIpc) is 3.11. The highest BCUT2D eigenvalue weighted by molar-refractivity contribution is 8.18. The Balaban J connectivity index is 1.48. The molecule has 1 heterocycles. The molecule has 0 spiro atoms. The fourth-order valence-corrected chi connectivity index (χ4v) is 3.95. The van der Waals surface area contributed by atoms with Gasteiger partial charge < -0.3 is 5.32 Å². The Labute approximate surface area is 184 Å². The summed E-state index contributed by atoms with van der Waals surface area (Å²) in [5.74, 6) is -0.686. The van der Waals surface area contributed by atoms with Crippen molar-refractivity contribution >= 4 is 40.6 Å². The molecule has 1 aliphatic rings. The van der Waals surface area contributed by atoms with Crippen molar-refractivity contribution in [2.24, 2.45) is 0 Å². The number of nitrogens with one attached hydrogen (secondary N) is 2. The van der Waals surface area contributed by atoms with Crippen molar-refractivity contribution in [1.82, 2.24) is 5.32 Å². The lowest BCUT2D eigenvalue weighted by Crippen LogP contribution is -2.18. The van der Waals surface area contributed by atoms with Gasteiger partial charge in [0.25, 0.3) is 11.1 Å². The van der Waals surface area contributed by atoms with E-state index < -0.39 is 0 Å². The van der Waals surface area contributed by atoms with Crippen LogP contribution in [0.3, 0.4) is 0 Å². The first-order chi connectivity index (χ1) is 15.0. The predicted octanol–water partition coefficient (Wildman–Crippen LogP) is 5.42. The quantitative estimate of drug-likeness (QED) is 0.532. The van der Waals surface area contributed by atoms with Gasteiger partial charge in [0, 0.05) is 5.69 Å². The number of thioether (sulfide) groups is 1. The molecule has 1 aliphatic heterocycles. The van der Waals surface area contributed by atoms with Crippen LogP contribution in [0.15, 0.2) is 83.8 Å². The molecule has 31 heavy (non-hydrogen) atoms. The highest BCUT2D eigenvalue weighted by atomic mass is 32.2. The molecule has 2 N–H and O–H groups in total. The van der Waals surface area contributed by atoms with E-state index >= 15 is 0 Å². The van der Waals surface area contributed by atoms with Crippen LogP contribution in [0, 0.1) is 0 Å². The summed E-state index contributed by atoms with van der Waals surface area (Å²) in [7, 11) is 0. The molecule has 1 unspecified atom stereocenters. The molecule has 0 aromatic heterocycles. The molecule has 3 aromatic rings. The third kappa shape index (κ3) is 4.92. The van der Waals surface area contributed by atoms with Gasteiger partial charge in [0.15, 0.2) is 0 Å². The topological polar surface area (TPSA) is 75.3 Å². The zero-order valence-electron chi connectivity index (χ0n) is 16.8. The van der Waals surface area contributed by atoms with Gasteiger partial charge in [0.1, 0.15) is 0 Å². The minimum absolute atomic E-state index is 0.0628. The molecule has 3 amide bonds. The second-order valence-corrected chi connectivity index (χ2v) is 8.19. The van der Waals surface area contributed by atoms with Crippen LogP contribution >= 0.6 is 11.8 Å². The zero-order chi connectivity index (χ0) is 21.8. The van der Waals surface area contributed by atoms with Crippen LogP contribution in [0.2, 0.25) is 0 Å². The van der Waals surface area contributed by atoms with Gasteiger partial charge in [-0.25, -0.2) is 0 Å². The number of anilines is 1. The second-order valence-electron chi connectivity index (χ2n) is 7.18. The fourth-order valence-electron chi connectivity index (χ4n) is 3.26. The van der Waals surface area contributed by atoms with Gasteiger partial charge in [-0.3, -0.25) is 19.7 Å². The van der Waals surface area contributed by atoms with Crippen molar-refractivity contribution in [2.75, 3.05) is 5.32 Å². The highest BCUT2D eigenvalue weighted by Gasteiger charge is 2.24. The fraction of sp³-hybridized carbons (Fsp3) is 0.0800. The van der Waals surface area contributed by atoms with Crippen molar-refractivity contribution < 1.29 is 14.4 Å². The average molecular weight is 429 g/mol. The van der Waals surface area contributed by atoms with Crippen LogP contribution in [0.5, 0.6) is 0 Å². The number of carbonyl (C=O) groups is 3. The Hall–Kier alpha value is -3.64. The molecule has 4 rings (SSSR count). The monoisotopic (exact) mass is 428 g/mol. The van der Waals surface area contributed by atoms with Crippen LogP contribution in [0.1, 0.15) is 24.0 Å². The van der Waals surface area contributed by atoms with E-state index in [4.69, 9.17) is 0 Å². The van der Waals surface area contributed by atoms with Gasteiger partial charge in [0.05, 0.1) is 10.8 Å². The third-order valence-corrected chi connectivity index (χ3v) is 5.82. The SMILES string of the molecule is CC(C(=O)Nc1cccc(-c2ccc(C=C3SC(=O)NC3=O)cc2)c1)c1ccccc1. The largest absolute Gasteiger partial charge is 0.326 e. The molecule has 6 heteroatoms. The summed E-state index contributed by atoms with van der Waals surface area (Å²) < 4.78 is 0. The van der Waals surface area contributed by atoms with Crippen molar-refractivity contribution in [3.8, 4) is 11.1 Å². The van der Waals surface area contributed by atoms with Gasteiger partial charge in [-0.1, -0.05) is 66.7 Å². The molecule has 1 saturated heterocycles. The number of imide groups is 1. The maximum absolute atomic E-state index is 12.6. The molecular formula is C25H20N2O3S. The molecule has 1 atom stereocenters. The van der Waals surface area contributed by atoms with Crippen molar-refractivity contribution in [1.29, 1.82) is 0 Å². The number of benzene rings is 3. The summed E-state index contributed by atoms with van der Waals surface area (Å²) in [6, 6.07) is 25.0. The summed E-state index contributed by atoms with van der Waals surface area (Å²) in [6.07, 6.45) is 1.69. The normalized spacial score (nSPS) is 15.6. The lowest BCUT2D eigenvalue weighted by atomic mass is 10.00. The van der Waals surface area contributed by atoms with Crippen molar-refractivity contribution in [3.05, 3.63) is 94.9 Å². The molecule has 0 saturated carbocycles. The third-order valence-electron chi connectivity index (χ3n) is 5.01. The minimum Gasteiger partial charge on any atom is -0.326 e. The number of rotatable bonds is 5. The van der Waals surface area contributed by atoms with Crippen LogP contribution < -0.4 is 10.6 Å². The highest BCUT2D eigenvalue weighted by Crippen LogP contribution is 2.28. The summed E-state index contributed by atoms with van der Waals surface area (Å²) in [5, 5.41) is 4.88. The van der Waals surface area contributed by atoms with Gasteiger partial charge in [-0.2, -0.15) is 0 Å². The van der Waals surface area contributed by atoms with E-state index in [9.17, 15) is 14.4 Å². The summed E-state index contributed by atoms with van der Waals surface area (Å²) in [6.45, 7) is 1.89.